The van der Waals surface area contributed by atoms with Crippen LogP contribution in [0.25, 0.3) is 0 Å². The number of hydrogen-bond acceptors (Lipinski definition) is 8. The summed E-state index contributed by atoms with van der Waals surface area (Å²) < 4.78 is 33.0. The molecule has 0 aliphatic heterocycles. The molecule has 0 aromatic rings. The lowest BCUT2D eigenvalue weighted by Gasteiger charge is -2.19. The fourth-order valence-corrected chi connectivity index (χ4v) is 9.52. The van der Waals surface area contributed by atoms with Crippen LogP contribution in [0.15, 0.2) is 0 Å². The second kappa shape index (κ2) is 52.4. The summed E-state index contributed by atoms with van der Waals surface area (Å²) in [5.41, 5.74) is 5.38. The Morgan fingerprint density at radius 1 is 0.400 bits per heavy atom. The molecular weight excluding hydrogens is 834 g/mol. The lowest BCUT2D eigenvalue weighted by molar-refractivity contribution is -0.161. The molecule has 10 heteroatoms. The van der Waals surface area contributed by atoms with Gasteiger partial charge in [0.05, 0.1) is 13.2 Å². The molecule has 65 heavy (non-hydrogen) atoms. The number of nitrogens with two attached hydrogens (primary N) is 1. The smallest absolute Gasteiger partial charge is 0.462 e. The van der Waals surface area contributed by atoms with Gasteiger partial charge in [-0.2, -0.15) is 0 Å². The highest BCUT2D eigenvalue weighted by Crippen LogP contribution is 2.43. The predicted molar refractivity (Wildman–Crippen MR) is 275 cm³/mol. The summed E-state index contributed by atoms with van der Waals surface area (Å²) in [6, 6.07) is 0. The number of esters is 2. The quantitative estimate of drug-likeness (QED) is 0.0347. The maximum absolute atomic E-state index is 12.7. The summed E-state index contributed by atoms with van der Waals surface area (Å²) in [6.07, 6.45) is 57.3. The summed E-state index contributed by atoms with van der Waals surface area (Å²) in [5.74, 6) is -0.802. The third-order valence-electron chi connectivity index (χ3n) is 13.0. The zero-order valence-corrected chi connectivity index (χ0v) is 44.2. The number of rotatable bonds is 55. The number of phosphoric acid groups is 1. The van der Waals surface area contributed by atoms with Gasteiger partial charge >= 0.3 is 19.8 Å². The zero-order valence-electron chi connectivity index (χ0n) is 43.3. The highest BCUT2D eigenvalue weighted by Gasteiger charge is 2.26. The van der Waals surface area contributed by atoms with Gasteiger partial charge in [0, 0.05) is 19.4 Å². The van der Waals surface area contributed by atoms with Gasteiger partial charge in [-0.15, -0.1) is 0 Å². The van der Waals surface area contributed by atoms with E-state index < -0.39 is 26.5 Å². The molecule has 0 saturated carbocycles. The zero-order chi connectivity index (χ0) is 47.4. The minimum absolute atomic E-state index is 0.0586. The van der Waals surface area contributed by atoms with Gasteiger partial charge in [-0.1, -0.05) is 284 Å². The Morgan fingerprint density at radius 2 is 0.662 bits per heavy atom. The van der Waals surface area contributed by atoms with Crippen LogP contribution >= 0.6 is 7.82 Å². The van der Waals surface area contributed by atoms with Gasteiger partial charge in [0.25, 0.3) is 0 Å². The Hall–Kier alpha value is -0.990. The molecule has 388 valence electrons. The monoisotopic (exact) mass is 944 g/mol. The fourth-order valence-electron chi connectivity index (χ4n) is 8.76. The van der Waals surface area contributed by atoms with E-state index in [0.717, 1.165) is 32.1 Å². The van der Waals surface area contributed by atoms with Crippen molar-refractivity contribution in [3.05, 3.63) is 0 Å². The van der Waals surface area contributed by atoms with Crippen LogP contribution in [0.4, 0.5) is 0 Å². The summed E-state index contributed by atoms with van der Waals surface area (Å²) >= 11 is 0. The lowest BCUT2D eigenvalue weighted by Crippen LogP contribution is -2.29. The van der Waals surface area contributed by atoms with Crippen molar-refractivity contribution in [2.24, 2.45) is 5.73 Å². The van der Waals surface area contributed by atoms with E-state index in [2.05, 4.69) is 13.8 Å². The third-order valence-corrected chi connectivity index (χ3v) is 14.0. The van der Waals surface area contributed by atoms with Crippen LogP contribution in [0.3, 0.4) is 0 Å². The second-order valence-corrected chi connectivity index (χ2v) is 21.0. The van der Waals surface area contributed by atoms with Crippen molar-refractivity contribution >= 4 is 19.8 Å². The first-order chi connectivity index (χ1) is 31.8. The number of unbranched alkanes of at least 4 members (excludes halogenated alkanes) is 42. The first-order valence-corrected chi connectivity index (χ1v) is 30.0. The SMILES string of the molecule is CCCCCCCCCCCCCCCCCCCCCCCCCC(=O)OC(COC(=O)CCCCCCCCCCCCCCCCCCCCCCC)COP(=O)(O)OCCN. The van der Waals surface area contributed by atoms with Crippen molar-refractivity contribution in [1.82, 2.24) is 0 Å². The van der Waals surface area contributed by atoms with Crippen molar-refractivity contribution < 1.29 is 37.6 Å². The van der Waals surface area contributed by atoms with Gasteiger partial charge in [-0.3, -0.25) is 18.6 Å². The molecule has 0 rings (SSSR count). The largest absolute Gasteiger partial charge is 0.472 e. The van der Waals surface area contributed by atoms with Gasteiger partial charge in [0.1, 0.15) is 6.61 Å². The second-order valence-electron chi connectivity index (χ2n) is 19.5. The van der Waals surface area contributed by atoms with Crippen molar-refractivity contribution in [3.8, 4) is 0 Å². The van der Waals surface area contributed by atoms with E-state index in [1.807, 2.05) is 0 Å². The molecule has 0 spiro atoms. The van der Waals surface area contributed by atoms with E-state index in [9.17, 15) is 19.0 Å². The normalized spacial score (nSPS) is 13.0. The third kappa shape index (κ3) is 52.2. The molecule has 9 nitrogen and oxygen atoms in total. The molecule has 2 unspecified atom stereocenters. The summed E-state index contributed by atoms with van der Waals surface area (Å²) in [7, 11) is -4.38. The molecule has 0 heterocycles. The molecule has 0 radical (unpaired) electrons. The van der Waals surface area contributed by atoms with Crippen molar-refractivity contribution in [3.63, 3.8) is 0 Å². The Morgan fingerprint density at radius 3 is 0.938 bits per heavy atom. The van der Waals surface area contributed by atoms with E-state index in [4.69, 9.17) is 24.3 Å². The maximum Gasteiger partial charge on any atom is 0.472 e. The van der Waals surface area contributed by atoms with Crippen LogP contribution in [-0.4, -0.2) is 49.3 Å². The maximum atomic E-state index is 12.7. The summed E-state index contributed by atoms with van der Waals surface area (Å²) in [4.78, 5) is 35.1. The minimum Gasteiger partial charge on any atom is -0.462 e. The van der Waals surface area contributed by atoms with E-state index in [-0.39, 0.29) is 38.6 Å². The topological polar surface area (TPSA) is 134 Å². The van der Waals surface area contributed by atoms with Crippen LogP contribution in [0, 0.1) is 0 Å². The lowest BCUT2D eigenvalue weighted by atomic mass is 10.0. The molecular formula is C55H110NO8P. The van der Waals surface area contributed by atoms with Crippen LogP contribution in [0.5, 0.6) is 0 Å². The number of carbonyl (C=O) groups excluding carboxylic acids is 2. The van der Waals surface area contributed by atoms with Gasteiger partial charge in [0.2, 0.25) is 0 Å². The molecule has 0 amide bonds. The van der Waals surface area contributed by atoms with Gasteiger partial charge < -0.3 is 20.1 Å². The molecule has 2 atom stereocenters. The number of ether oxygens (including phenoxy) is 2. The molecule has 0 fully saturated rings. The van der Waals surface area contributed by atoms with Crippen LogP contribution < -0.4 is 5.73 Å². The highest BCUT2D eigenvalue weighted by molar-refractivity contribution is 7.47. The Bertz CT molecular complexity index is 1030. The average molecular weight is 944 g/mol. The summed E-state index contributed by atoms with van der Waals surface area (Å²) in [6.45, 7) is 3.82. The Labute approximate surface area is 403 Å². The van der Waals surface area contributed by atoms with E-state index in [0.29, 0.717) is 6.42 Å². The number of carbonyl (C=O) groups is 2. The summed E-state index contributed by atoms with van der Waals surface area (Å²) in [5, 5.41) is 0. The molecule has 0 bridgehead atoms. The van der Waals surface area contributed by atoms with E-state index in [1.165, 1.54) is 244 Å². The molecule has 3 N–H and O–H groups in total. The van der Waals surface area contributed by atoms with Crippen molar-refractivity contribution in [2.75, 3.05) is 26.4 Å². The van der Waals surface area contributed by atoms with Crippen molar-refractivity contribution in [2.45, 2.75) is 315 Å². The van der Waals surface area contributed by atoms with Crippen LogP contribution in [0.1, 0.15) is 309 Å². The fraction of sp³-hybridized carbons (Fsp3) is 0.964. The molecule has 0 aromatic heterocycles. The van der Waals surface area contributed by atoms with Crippen LogP contribution in [0.2, 0.25) is 0 Å². The first kappa shape index (κ1) is 64.0. The molecule has 0 aliphatic carbocycles. The van der Waals surface area contributed by atoms with Gasteiger partial charge in [0.15, 0.2) is 6.10 Å². The Kier molecular flexibility index (Phi) is 51.6. The standard InChI is InChI=1S/C55H110NO8P/c1-3-5-7-9-11-13-15-17-19-21-23-25-26-28-30-32-34-36-38-40-42-44-46-48-55(58)64-53(52-63-65(59,60)62-50-49-56)51-61-54(57)47-45-43-41-39-37-35-33-31-29-27-24-22-20-18-16-14-12-10-8-6-4-2/h53H,3-52,56H2,1-2H3,(H,59,60). The Balaban J connectivity index is 3.92. The predicted octanol–water partition coefficient (Wildman–Crippen LogP) is 17.5. The molecule has 0 aromatic carbocycles. The van der Waals surface area contributed by atoms with E-state index >= 15 is 0 Å². The first-order valence-electron chi connectivity index (χ1n) is 28.5. The van der Waals surface area contributed by atoms with Gasteiger partial charge in [-0.25, -0.2) is 4.57 Å². The van der Waals surface area contributed by atoms with Crippen molar-refractivity contribution in [1.29, 1.82) is 0 Å². The van der Waals surface area contributed by atoms with E-state index in [1.54, 1.807) is 0 Å². The van der Waals surface area contributed by atoms with Gasteiger partial charge in [-0.05, 0) is 12.8 Å². The minimum atomic E-state index is -4.38. The number of phosphoric ester groups is 1. The molecule has 0 saturated heterocycles. The average Bonchev–Trinajstić information content (AvgIpc) is 3.30. The highest BCUT2D eigenvalue weighted by atomic mass is 31.2. The molecule has 0 aliphatic rings. The van der Waals surface area contributed by atoms with Crippen LogP contribution in [-0.2, 0) is 32.7 Å². The number of hydrogen-bond donors (Lipinski definition) is 2.